The topological polar surface area (TPSA) is 51.2 Å². The van der Waals surface area contributed by atoms with Gasteiger partial charge in [0.15, 0.2) is 0 Å². The van der Waals surface area contributed by atoms with Crippen molar-refractivity contribution in [3.63, 3.8) is 0 Å². The van der Waals surface area contributed by atoms with E-state index in [0.717, 1.165) is 23.4 Å². The van der Waals surface area contributed by atoms with Gasteiger partial charge in [0.2, 0.25) is 0 Å². The predicted octanol–water partition coefficient (Wildman–Crippen LogP) is 4.91. The summed E-state index contributed by atoms with van der Waals surface area (Å²) in [6.07, 6.45) is 0.837. The number of carbonyl (C=O) groups excluding carboxylic acids is 1. The fourth-order valence-corrected chi connectivity index (χ4v) is 3.17. The van der Waals surface area contributed by atoms with Gasteiger partial charge in [0.1, 0.15) is 12.4 Å². The Kier molecular flexibility index (Phi) is 6.02. The lowest BCUT2D eigenvalue weighted by atomic mass is 10.0. The Bertz CT molecular complexity index is 827. The number of hydrogen-bond acceptors (Lipinski definition) is 4. The van der Waals surface area contributed by atoms with Crippen molar-refractivity contribution in [2.75, 3.05) is 0 Å². The van der Waals surface area contributed by atoms with E-state index in [2.05, 4.69) is 48.4 Å². The quantitative estimate of drug-likeness (QED) is 0.646. The zero-order valence-electron chi connectivity index (χ0n) is 14.9. The normalized spacial score (nSPS) is 11.8. The Labute approximate surface area is 157 Å². The fraction of sp³-hybridized carbons (Fsp3) is 0.238. The number of aryl methyl sites for hydroxylation is 1. The number of benzene rings is 2. The highest BCUT2D eigenvalue weighted by molar-refractivity contribution is 7.07. The van der Waals surface area contributed by atoms with Crippen LogP contribution in [0, 0.1) is 6.92 Å². The molecule has 4 nitrogen and oxygen atoms in total. The third kappa shape index (κ3) is 4.70. The smallest absolute Gasteiger partial charge is 0.251 e. The van der Waals surface area contributed by atoms with E-state index >= 15 is 0 Å². The number of nitrogens with one attached hydrogen (secondary N) is 1. The highest BCUT2D eigenvalue weighted by Gasteiger charge is 2.14. The van der Waals surface area contributed by atoms with Crippen molar-refractivity contribution < 1.29 is 9.53 Å². The summed E-state index contributed by atoms with van der Waals surface area (Å²) in [5, 5.41) is 5.06. The maximum Gasteiger partial charge on any atom is 0.251 e. The second kappa shape index (κ2) is 8.63. The van der Waals surface area contributed by atoms with Crippen LogP contribution < -0.4 is 10.1 Å². The van der Waals surface area contributed by atoms with E-state index in [9.17, 15) is 4.79 Å². The third-order valence-electron chi connectivity index (χ3n) is 4.18. The van der Waals surface area contributed by atoms with Gasteiger partial charge in [-0.15, -0.1) is 11.3 Å². The van der Waals surface area contributed by atoms with Gasteiger partial charge < -0.3 is 10.1 Å². The van der Waals surface area contributed by atoms with Gasteiger partial charge >= 0.3 is 0 Å². The number of rotatable bonds is 7. The van der Waals surface area contributed by atoms with Gasteiger partial charge in [-0.2, -0.15) is 0 Å². The molecule has 0 bridgehead atoms. The fourth-order valence-electron chi connectivity index (χ4n) is 2.63. The summed E-state index contributed by atoms with van der Waals surface area (Å²) < 4.78 is 5.68. The summed E-state index contributed by atoms with van der Waals surface area (Å²) in [6.45, 7) is 4.56. The van der Waals surface area contributed by atoms with Gasteiger partial charge in [0.25, 0.3) is 5.91 Å². The van der Waals surface area contributed by atoms with Gasteiger partial charge in [-0.1, -0.05) is 36.8 Å². The van der Waals surface area contributed by atoms with Gasteiger partial charge in [0.05, 0.1) is 17.2 Å². The third-order valence-corrected chi connectivity index (χ3v) is 4.82. The van der Waals surface area contributed by atoms with Crippen LogP contribution >= 0.6 is 11.3 Å². The summed E-state index contributed by atoms with van der Waals surface area (Å²) >= 11 is 1.54. The standard InChI is InChI=1S/C21H22N2O2S/c1-3-20(16-6-4-15(2)5-7-16)23-21(24)17-8-10-19(11-9-17)25-12-18-13-26-14-22-18/h4-11,13-14,20H,3,12H2,1-2H3,(H,23,24). The molecule has 1 amide bonds. The SMILES string of the molecule is CCC(NC(=O)c1ccc(OCc2cscn2)cc1)c1ccc(C)cc1. The zero-order chi connectivity index (χ0) is 18.4. The van der Waals surface area contributed by atoms with E-state index < -0.39 is 0 Å². The minimum absolute atomic E-state index is 0.00342. The van der Waals surface area contributed by atoms with Gasteiger partial charge in [-0.3, -0.25) is 4.79 Å². The van der Waals surface area contributed by atoms with Crippen LogP contribution in [-0.4, -0.2) is 10.9 Å². The van der Waals surface area contributed by atoms with Crippen molar-refractivity contribution in [1.29, 1.82) is 0 Å². The lowest BCUT2D eigenvalue weighted by molar-refractivity contribution is 0.0935. The van der Waals surface area contributed by atoms with Crippen molar-refractivity contribution in [3.8, 4) is 5.75 Å². The first-order valence-corrected chi connectivity index (χ1v) is 9.57. The molecule has 0 saturated carbocycles. The molecule has 1 unspecified atom stereocenters. The first-order chi connectivity index (χ1) is 12.7. The molecule has 1 atom stereocenters. The Morgan fingerprint density at radius 3 is 2.50 bits per heavy atom. The summed E-state index contributed by atoms with van der Waals surface area (Å²) in [4.78, 5) is 16.7. The maximum absolute atomic E-state index is 12.5. The molecule has 134 valence electrons. The molecule has 0 aliphatic heterocycles. The molecular weight excluding hydrogens is 344 g/mol. The van der Waals surface area contributed by atoms with Crippen LogP contribution in [0.15, 0.2) is 59.4 Å². The van der Waals surface area contributed by atoms with Crippen LogP contribution in [0.1, 0.15) is 46.6 Å². The Morgan fingerprint density at radius 1 is 1.15 bits per heavy atom. The number of thiazole rings is 1. The summed E-state index contributed by atoms with van der Waals surface area (Å²) in [5.41, 5.74) is 5.64. The van der Waals surface area contributed by atoms with Crippen LogP contribution in [0.25, 0.3) is 0 Å². The molecule has 0 fully saturated rings. The molecule has 26 heavy (non-hydrogen) atoms. The van der Waals surface area contributed by atoms with E-state index in [1.807, 2.05) is 17.5 Å². The Hall–Kier alpha value is -2.66. The highest BCUT2D eigenvalue weighted by Crippen LogP contribution is 2.19. The van der Waals surface area contributed by atoms with E-state index in [1.54, 1.807) is 29.0 Å². The lowest BCUT2D eigenvalue weighted by Crippen LogP contribution is -2.28. The molecule has 2 aromatic carbocycles. The highest BCUT2D eigenvalue weighted by atomic mass is 32.1. The minimum atomic E-state index is -0.0801. The van der Waals surface area contributed by atoms with Crippen molar-refractivity contribution in [3.05, 3.63) is 81.8 Å². The molecule has 1 heterocycles. The first kappa shape index (κ1) is 18.1. The molecule has 0 spiro atoms. The van der Waals surface area contributed by atoms with E-state index in [1.165, 1.54) is 5.56 Å². The number of amides is 1. The zero-order valence-corrected chi connectivity index (χ0v) is 15.8. The molecule has 3 rings (SSSR count). The average molecular weight is 366 g/mol. The number of ether oxygens (including phenoxy) is 1. The average Bonchev–Trinajstić information content (AvgIpc) is 3.19. The van der Waals surface area contributed by atoms with Crippen molar-refractivity contribution in [2.24, 2.45) is 0 Å². The van der Waals surface area contributed by atoms with Crippen LogP contribution in [0.3, 0.4) is 0 Å². The minimum Gasteiger partial charge on any atom is -0.487 e. The van der Waals surface area contributed by atoms with E-state index in [-0.39, 0.29) is 11.9 Å². The van der Waals surface area contributed by atoms with Crippen LogP contribution in [0.4, 0.5) is 0 Å². The summed E-state index contributed by atoms with van der Waals surface area (Å²) in [6, 6.07) is 15.5. The van der Waals surface area contributed by atoms with Crippen molar-refractivity contribution in [2.45, 2.75) is 32.9 Å². The van der Waals surface area contributed by atoms with E-state index in [4.69, 9.17) is 4.74 Å². The van der Waals surface area contributed by atoms with Crippen LogP contribution in [0.5, 0.6) is 5.75 Å². The number of carbonyl (C=O) groups is 1. The second-order valence-electron chi connectivity index (χ2n) is 6.14. The monoisotopic (exact) mass is 366 g/mol. The molecule has 0 saturated heterocycles. The van der Waals surface area contributed by atoms with Crippen LogP contribution in [0.2, 0.25) is 0 Å². The molecule has 3 aromatic rings. The molecule has 5 heteroatoms. The van der Waals surface area contributed by atoms with Gasteiger partial charge in [-0.05, 0) is 43.2 Å². The predicted molar refractivity (Wildman–Crippen MR) is 105 cm³/mol. The van der Waals surface area contributed by atoms with Gasteiger partial charge in [-0.25, -0.2) is 4.98 Å². The van der Waals surface area contributed by atoms with Crippen molar-refractivity contribution >= 4 is 17.2 Å². The lowest BCUT2D eigenvalue weighted by Gasteiger charge is -2.18. The number of hydrogen-bond donors (Lipinski definition) is 1. The van der Waals surface area contributed by atoms with E-state index in [0.29, 0.717) is 12.2 Å². The molecule has 0 radical (unpaired) electrons. The largest absolute Gasteiger partial charge is 0.487 e. The van der Waals surface area contributed by atoms with Gasteiger partial charge in [0, 0.05) is 10.9 Å². The molecule has 0 aliphatic carbocycles. The first-order valence-electron chi connectivity index (χ1n) is 8.63. The summed E-state index contributed by atoms with van der Waals surface area (Å²) in [7, 11) is 0. The number of nitrogens with zero attached hydrogens (tertiary/aromatic N) is 1. The molecule has 1 aromatic heterocycles. The Balaban J connectivity index is 1.60. The van der Waals surface area contributed by atoms with Crippen LogP contribution in [-0.2, 0) is 6.61 Å². The molecule has 0 aliphatic rings. The molecular formula is C21H22N2O2S. The number of aromatic nitrogens is 1. The second-order valence-corrected chi connectivity index (χ2v) is 6.86. The summed E-state index contributed by atoms with van der Waals surface area (Å²) in [5.74, 6) is 0.642. The Morgan fingerprint density at radius 2 is 1.88 bits per heavy atom. The molecule has 1 N–H and O–H groups in total. The van der Waals surface area contributed by atoms with Crippen molar-refractivity contribution in [1.82, 2.24) is 10.3 Å². The maximum atomic E-state index is 12.5.